The maximum absolute atomic E-state index is 5.70. The highest BCUT2D eigenvalue weighted by atomic mass is 14.6. The van der Waals surface area contributed by atoms with Crippen LogP contribution in [-0.4, -0.2) is 6.54 Å². The van der Waals surface area contributed by atoms with Crippen LogP contribution in [0.2, 0.25) is 0 Å². The number of rotatable bonds is 2. The molecule has 2 N–H and O–H groups in total. The van der Waals surface area contributed by atoms with Gasteiger partial charge in [0.15, 0.2) is 0 Å². The second-order valence-corrected chi connectivity index (χ2v) is 4.52. The smallest absolute Gasteiger partial charge is 0.00486 e. The van der Waals surface area contributed by atoms with E-state index in [0.29, 0.717) is 0 Å². The predicted molar refractivity (Wildman–Crippen MR) is 60.3 cm³/mol. The Bertz CT molecular complexity index is 289. The summed E-state index contributed by atoms with van der Waals surface area (Å²) < 4.78 is 0. The van der Waals surface area contributed by atoms with Crippen molar-refractivity contribution in [3.63, 3.8) is 0 Å². The summed E-state index contributed by atoms with van der Waals surface area (Å²) in [6.07, 6.45) is 3.93. The molecule has 2 unspecified atom stereocenters. The van der Waals surface area contributed by atoms with Crippen LogP contribution in [0.3, 0.4) is 0 Å². The van der Waals surface area contributed by atoms with Gasteiger partial charge >= 0.3 is 0 Å². The summed E-state index contributed by atoms with van der Waals surface area (Å²) in [4.78, 5) is 0. The molecular formula is C13H19N. The quantitative estimate of drug-likeness (QED) is 0.760. The second-order valence-electron chi connectivity index (χ2n) is 4.52. The lowest BCUT2D eigenvalue weighted by atomic mass is 9.95. The van der Waals surface area contributed by atoms with Crippen LogP contribution in [-0.2, 0) is 0 Å². The van der Waals surface area contributed by atoms with Crippen molar-refractivity contribution in [2.24, 2.45) is 11.7 Å². The van der Waals surface area contributed by atoms with Gasteiger partial charge in [0.05, 0.1) is 0 Å². The Kier molecular flexibility index (Phi) is 2.87. The lowest BCUT2D eigenvalue weighted by Crippen LogP contribution is -2.10. The topological polar surface area (TPSA) is 26.0 Å². The summed E-state index contributed by atoms with van der Waals surface area (Å²) >= 11 is 0. The molecule has 1 saturated carbocycles. The summed E-state index contributed by atoms with van der Waals surface area (Å²) in [7, 11) is 0. The van der Waals surface area contributed by atoms with Crippen LogP contribution in [0.5, 0.6) is 0 Å². The van der Waals surface area contributed by atoms with Crippen LogP contribution in [0.4, 0.5) is 0 Å². The molecule has 0 bridgehead atoms. The van der Waals surface area contributed by atoms with Gasteiger partial charge in [-0.1, -0.05) is 29.8 Å². The van der Waals surface area contributed by atoms with Crippen LogP contribution in [0.15, 0.2) is 24.3 Å². The maximum Gasteiger partial charge on any atom is -0.00486 e. The van der Waals surface area contributed by atoms with Crippen molar-refractivity contribution >= 4 is 0 Å². The van der Waals surface area contributed by atoms with Gasteiger partial charge in [-0.15, -0.1) is 0 Å². The van der Waals surface area contributed by atoms with Crippen molar-refractivity contribution in [1.82, 2.24) is 0 Å². The van der Waals surface area contributed by atoms with E-state index in [1.807, 2.05) is 0 Å². The molecule has 0 heterocycles. The van der Waals surface area contributed by atoms with Gasteiger partial charge < -0.3 is 5.73 Å². The first-order chi connectivity index (χ1) is 6.79. The van der Waals surface area contributed by atoms with Gasteiger partial charge in [0.1, 0.15) is 0 Å². The Balaban J connectivity index is 2.06. The van der Waals surface area contributed by atoms with Gasteiger partial charge in [0.25, 0.3) is 0 Å². The van der Waals surface area contributed by atoms with Crippen molar-refractivity contribution in [3.8, 4) is 0 Å². The molecule has 1 aromatic rings. The van der Waals surface area contributed by atoms with Gasteiger partial charge in [-0.05, 0) is 50.1 Å². The van der Waals surface area contributed by atoms with E-state index in [1.54, 1.807) is 0 Å². The molecule has 2 rings (SSSR count). The molecule has 76 valence electrons. The van der Waals surface area contributed by atoms with E-state index in [4.69, 9.17) is 5.73 Å². The Morgan fingerprint density at radius 1 is 1.21 bits per heavy atom. The predicted octanol–water partition coefficient (Wildman–Crippen LogP) is 2.84. The molecular weight excluding hydrogens is 170 g/mol. The number of benzene rings is 1. The first-order valence-electron chi connectivity index (χ1n) is 5.56. The van der Waals surface area contributed by atoms with Gasteiger partial charge in [-0.25, -0.2) is 0 Å². The van der Waals surface area contributed by atoms with Crippen LogP contribution in [0.1, 0.15) is 36.3 Å². The van der Waals surface area contributed by atoms with E-state index in [0.717, 1.165) is 18.4 Å². The Labute approximate surface area is 86.3 Å². The van der Waals surface area contributed by atoms with E-state index in [9.17, 15) is 0 Å². The Morgan fingerprint density at radius 2 is 1.93 bits per heavy atom. The highest BCUT2D eigenvalue weighted by molar-refractivity contribution is 5.25. The fraction of sp³-hybridized carbons (Fsp3) is 0.538. The number of hydrogen-bond acceptors (Lipinski definition) is 1. The van der Waals surface area contributed by atoms with E-state index in [1.165, 1.54) is 30.4 Å². The molecule has 1 heteroatoms. The zero-order chi connectivity index (χ0) is 9.97. The van der Waals surface area contributed by atoms with Gasteiger partial charge in [-0.2, -0.15) is 0 Å². The summed E-state index contributed by atoms with van der Waals surface area (Å²) in [5.41, 5.74) is 8.55. The van der Waals surface area contributed by atoms with E-state index < -0.39 is 0 Å². The second kappa shape index (κ2) is 4.14. The van der Waals surface area contributed by atoms with Crippen LogP contribution in [0, 0.1) is 12.8 Å². The Hall–Kier alpha value is -0.820. The van der Waals surface area contributed by atoms with Crippen molar-refractivity contribution in [1.29, 1.82) is 0 Å². The standard InChI is InChI=1S/C13H19N/c1-10-2-5-12(6-3-10)13-7-4-11(8-13)9-14/h2-3,5-6,11,13H,4,7-9,14H2,1H3. The first kappa shape index (κ1) is 9.72. The highest BCUT2D eigenvalue weighted by Crippen LogP contribution is 2.37. The zero-order valence-electron chi connectivity index (χ0n) is 8.87. The fourth-order valence-corrected chi connectivity index (χ4v) is 2.43. The van der Waals surface area contributed by atoms with Crippen molar-refractivity contribution in [2.75, 3.05) is 6.54 Å². The minimum absolute atomic E-state index is 0.765. The molecule has 1 aromatic carbocycles. The highest BCUT2D eigenvalue weighted by Gasteiger charge is 2.24. The molecule has 0 aromatic heterocycles. The Morgan fingerprint density at radius 3 is 2.50 bits per heavy atom. The van der Waals surface area contributed by atoms with E-state index in [2.05, 4.69) is 31.2 Å². The van der Waals surface area contributed by atoms with Gasteiger partial charge in [0.2, 0.25) is 0 Å². The van der Waals surface area contributed by atoms with Gasteiger partial charge in [0, 0.05) is 0 Å². The normalized spacial score (nSPS) is 26.7. The molecule has 1 aliphatic rings. The van der Waals surface area contributed by atoms with Crippen molar-refractivity contribution in [3.05, 3.63) is 35.4 Å². The largest absolute Gasteiger partial charge is 0.330 e. The molecule has 2 atom stereocenters. The van der Waals surface area contributed by atoms with E-state index >= 15 is 0 Å². The monoisotopic (exact) mass is 189 g/mol. The summed E-state index contributed by atoms with van der Waals surface area (Å²) in [6.45, 7) is 3.00. The third-order valence-corrected chi connectivity index (χ3v) is 3.42. The summed E-state index contributed by atoms with van der Waals surface area (Å²) in [5, 5.41) is 0. The molecule has 0 amide bonds. The molecule has 1 nitrogen and oxygen atoms in total. The van der Waals surface area contributed by atoms with Crippen LogP contribution in [0.25, 0.3) is 0 Å². The van der Waals surface area contributed by atoms with Gasteiger partial charge in [-0.3, -0.25) is 0 Å². The molecule has 1 aliphatic carbocycles. The van der Waals surface area contributed by atoms with E-state index in [-0.39, 0.29) is 0 Å². The average molecular weight is 189 g/mol. The maximum atomic E-state index is 5.70. The van der Waals surface area contributed by atoms with Crippen LogP contribution < -0.4 is 5.73 Å². The van der Waals surface area contributed by atoms with Crippen molar-refractivity contribution in [2.45, 2.75) is 32.1 Å². The summed E-state index contributed by atoms with van der Waals surface area (Å²) in [6, 6.07) is 8.98. The molecule has 0 radical (unpaired) electrons. The SMILES string of the molecule is Cc1ccc(C2CCC(CN)C2)cc1. The molecule has 0 spiro atoms. The molecule has 14 heavy (non-hydrogen) atoms. The molecule has 0 aliphatic heterocycles. The fourth-order valence-electron chi connectivity index (χ4n) is 2.43. The average Bonchev–Trinajstić information content (AvgIpc) is 2.67. The summed E-state index contributed by atoms with van der Waals surface area (Å²) in [5.74, 6) is 1.53. The van der Waals surface area contributed by atoms with Crippen molar-refractivity contribution < 1.29 is 0 Å². The number of aryl methyl sites for hydroxylation is 1. The van der Waals surface area contributed by atoms with Crippen LogP contribution >= 0.6 is 0 Å². The first-order valence-corrected chi connectivity index (χ1v) is 5.56. The minimum Gasteiger partial charge on any atom is -0.330 e. The molecule has 0 saturated heterocycles. The number of nitrogens with two attached hydrogens (primary N) is 1. The lowest BCUT2D eigenvalue weighted by Gasteiger charge is -2.10. The minimum atomic E-state index is 0.765. The third kappa shape index (κ3) is 1.98. The lowest BCUT2D eigenvalue weighted by molar-refractivity contribution is 0.551. The third-order valence-electron chi connectivity index (χ3n) is 3.42. The zero-order valence-corrected chi connectivity index (χ0v) is 8.87. The molecule has 1 fully saturated rings. The number of hydrogen-bond donors (Lipinski definition) is 1.